The van der Waals surface area contributed by atoms with E-state index in [9.17, 15) is 17.6 Å². The number of piperidine rings is 1. The zero-order valence-electron chi connectivity index (χ0n) is 16.2. The minimum atomic E-state index is -3.76. The molecule has 1 saturated heterocycles. The first-order chi connectivity index (χ1) is 13.8. The van der Waals surface area contributed by atoms with E-state index in [4.69, 9.17) is 11.6 Å². The van der Waals surface area contributed by atoms with Gasteiger partial charge in [-0.1, -0.05) is 35.9 Å². The maximum absolute atomic E-state index is 13.3. The van der Waals surface area contributed by atoms with E-state index in [1.165, 1.54) is 21.5 Å². The SMILES string of the molecule is Cc1ccccc1CCNC(=O)C1CCN(S(=O)(=O)c2ccc(F)c(Cl)c2)CC1. The van der Waals surface area contributed by atoms with Gasteiger partial charge in [-0.3, -0.25) is 4.79 Å². The zero-order valence-corrected chi connectivity index (χ0v) is 17.8. The molecular formula is C21H24ClFN2O3S. The van der Waals surface area contributed by atoms with Crippen molar-refractivity contribution in [3.63, 3.8) is 0 Å². The predicted octanol–water partition coefficient (Wildman–Crippen LogP) is 3.55. The van der Waals surface area contributed by atoms with Crippen LogP contribution in [0.2, 0.25) is 5.02 Å². The Kier molecular flexibility index (Phi) is 6.93. The summed E-state index contributed by atoms with van der Waals surface area (Å²) in [5.74, 6) is -0.915. The minimum Gasteiger partial charge on any atom is -0.356 e. The molecule has 0 bridgehead atoms. The van der Waals surface area contributed by atoms with Crippen molar-refractivity contribution in [1.29, 1.82) is 0 Å². The first kappa shape index (κ1) is 21.7. The van der Waals surface area contributed by atoms with E-state index >= 15 is 0 Å². The molecule has 2 aromatic carbocycles. The largest absolute Gasteiger partial charge is 0.356 e. The highest BCUT2D eigenvalue weighted by molar-refractivity contribution is 7.89. The maximum Gasteiger partial charge on any atom is 0.243 e. The molecule has 156 valence electrons. The van der Waals surface area contributed by atoms with Crippen LogP contribution >= 0.6 is 11.6 Å². The molecule has 0 radical (unpaired) electrons. The van der Waals surface area contributed by atoms with Crippen LogP contribution in [0.4, 0.5) is 4.39 Å². The van der Waals surface area contributed by atoms with E-state index in [1.807, 2.05) is 31.2 Å². The predicted molar refractivity (Wildman–Crippen MR) is 111 cm³/mol. The van der Waals surface area contributed by atoms with Crippen LogP contribution in [-0.4, -0.2) is 38.3 Å². The highest BCUT2D eigenvalue weighted by Crippen LogP contribution is 2.26. The van der Waals surface area contributed by atoms with E-state index in [-0.39, 0.29) is 34.8 Å². The quantitative estimate of drug-likeness (QED) is 0.750. The molecule has 1 amide bonds. The second-order valence-electron chi connectivity index (χ2n) is 7.22. The van der Waals surface area contributed by atoms with Gasteiger partial charge in [0.1, 0.15) is 5.82 Å². The third-order valence-corrected chi connectivity index (χ3v) is 7.49. The standard InChI is InChI=1S/C21H24ClFN2O3S/c1-15-4-2-3-5-16(15)8-11-24-21(26)17-9-12-25(13-10-17)29(27,28)18-6-7-20(23)19(22)14-18/h2-7,14,17H,8-13H2,1H3,(H,24,26). The lowest BCUT2D eigenvalue weighted by Gasteiger charge is -2.30. The lowest BCUT2D eigenvalue weighted by Crippen LogP contribution is -2.43. The van der Waals surface area contributed by atoms with Crippen LogP contribution in [0.5, 0.6) is 0 Å². The molecule has 3 rings (SSSR count). The summed E-state index contributed by atoms with van der Waals surface area (Å²) in [7, 11) is -3.76. The molecule has 29 heavy (non-hydrogen) atoms. The summed E-state index contributed by atoms with van der Waals surface area (Å²) < 4.78 is 40.1. The Morgan fingerprint density at radius 1 is 1.21 bits per heavy atom. The Balaban J connectivity index is 1.52. The number of carbonyl (C=O) groups excluding carboxylic acids is 1. The molecule has 0 spiro atoms. The second-order valence-corrected chi connectivity index (χ2v) is 9.57. The average molecular weight is 439 g/mol. The van der Waals surface area contributed by atoms with Crippen molar-refractivity contribution >= 4 is 27.5 Å². The molecule has 1 N–H and O–H groups in total. The fourth-order valence-electron chi connectivity index (χ4n) is 3.50. The molecule has 8 heteroatoms. The van der Waals surface area contributed by atoms with Gasteiger partial charge >= 0.3 is 0 Å². The summed E-state index contributed by atoms with van der Waals surface area (Å²) in [4.78, 5) is 12.4. The number of carbonyl (C=O) groups is 1. The van der Waals surface area contributed by atoms with Gasteiger partial charge in [0.15, 0.2) is 0 Å². The highest BCUT2D eigenvalue weighted by Gasteiger charge is 2.32. The van der Waals surface area contributed by atoms with Gasteiger partial charge in [-0.05, 0) is 55.5 Å². The maximum atomic E-state index is 13.3. The number of nitrogens with zero attached hydrogens (tertiary/aromatic N) is 1. The third kappa shape index (κ3) is 5.15. The van der Waals surface area contributed by atoms with Crippen LogP contribution in [0, 0.1) is 18.7 Å². The topological polar surface area (TPSA) is 66.5 Å². The van der Waals surface area contributed by atoms with Crippen molar-refractivity contribution in [1.82, 2.24) is 9.62 Å². The Morgan fingerprint density at radius 3 is 2.55 bits per heavy atom. The Labute approximate surface area is 175 Å². The molecule has 2 aromatic rings. The Hall–Kier alpha value is -1.96. The first-order valence-electron chi connectivity index (χ1n) is 9.56. The summed E-state index contributed by atoms with van der Waals surface area (Å²) in [5.41, 5.74) is 2.40. The van der Waals surface area contributed by atoms with E-state index in [2.05, 4.69) is 5.32 Å². The number of amides is 1. The van der Waals surface area contributed by atoms with Crippen molar-refractivity contribution in [3.05, 3.63) is 64.4 Å². The van der Waals surface area contributed by atoms with Crippen LogP contribution in [0.25, 0.3) is 0 Å². The number of sulfonamides is 1. The number of aryl methyl sites for hydroxylation is 1. The number of nitrogens with one attached hydrogen (secondary N) is 1. The average Bonchev–Trinajstić information content (AvgIpc) is 2.71. The lowest BCUT2D eigenvalue weighted by atomic mass is 9.97. The van der Waals surface area contributed by atoms with Gasteiger partial charge < -0.3 is 5.32 Å². The van der Waals surface area contributed by atoms with Crippen molar-refractivity contribution in [2.24, 2.45) is 5.92 Å². The van der Waals surface area contributed by atoms with Crippen molar-refractivity contribution in [2.75, 3.05) is 19.6 Å². The normalized spacial score (nSPS) is 16.0. The smallest absolute Gasteiger partial charge is 0.243 e. The molecule has 0 saturated carbocycles. The Morgan fingerprint density at radius 2 is 1.90 bits per heavy atom. The molecule has 0 aromatic heterocycles. The molecule has 0 aliphatic carbocycles. The fourth-order valence-corrected chi connectivity index (χ4v) is 5.24. The van der Waals surface area contributed by atoms with Crippen molar-refractivity contribution < 1.29 is 17.6 Å². The molecule has 1 aliphatic rings. The molecule has 5 nitrogen and oxygen atoms in total. The molecule has 1 heterocycles. The number of rotatable bonds is 6. The van der Waals surface area contributed by atoms with E-state index < -0.39 is 15.8 Å². The molecule has 1 fully saturated rings. The summed E-state index contributed by atoms with van der Waals surface area (Å²) in [5, 5.41) is 2.73. The summed E-state index contributed by atoms with van der Waals surface area (Å²) >= 11 is 5.72. The van der Waals surface area contributed by atoms with Gasteiger partial charge in [-0.25, -0.2) is 12.8 Å². The van der Waals surface area contributed by atoms with Gasteiger partial charge in [-0.15, -0.1) is 0 Å². The summed E-state index contributed by atoms with van der Waals surface area (Å²) in [6.07, 6.45) is 1.66. The van der Waals surface area contributed by atoms with E-state index in [1.54, 1.807) is 0 Å². The number of benzene rings is 2. The first-order valence-corrected chi connectivity index (χ1v) is 11.4. The molecule has 1 aliphatic heterocycles. The third-order valence-electron chi connectivity index (χ3n) is 5.31. The van der Waals surface area contributed by atoms with Crippen molar-refractivity contribution in [3.8, 4) is 0 Å². The second kappa shape index (κ2) is 9.24. The van der Waals surface area contributed by atoms with Gasteiger partial charge in [0.2, 0.25) is 15.9 Å². The fraction of sp³-hybridized carbons (Fsp3) is 0.381. The number of hydrogen-bond donors (Lipinski definition) is 1. The van der Waals surface area contributed by atoms with Gasteiger partial charge in [0, 0.05) is 25.6 Å². The van der Waals surface area contributed by atoms with Gasteiger partial charge in [0.05, 0.1) is 9.92 Å². The van der Waals surface area contributed by atoms with E-state index in [0.29, 0.717) is 19.4 Å². The Bertz CT molecular complexity index is 989. The van der Waals surface area contributed by atoms with Crippen LogP contribution in [-0.2, 0) is 21.2 Å². The van der Waals surface area contributed by atoms with Crippen LogP contribution in [0.3, 0.4) is 0 Å². The van der Waals surface area contributed by atoms with Crippen LogP contribution in [0.1, 0.15) is 24.0 Å². The molecule has 0 unspecified atom stereocenters. The molecule has 0 atom stereocenters. The van der Waals surface area contributed by atoms with Gasteiger partial charge in [0.25, 0.3) is 0 Å². The summed E-state index contributed by atoms with van der Waals surface area (Å²) in [6.45, 7) is 3.08. The monoisotopic (exact) mass is 438 g/mol. The number of hydrogen-bond acceptors (Lipinski definition) is 3. The molecular weight excluding hydrogens is 415 g/mol. The minimum absolute atomic E-state index is 0.0370. The van der Waals surface area contributed by atoms with Crippen LogP contribution in [0.15, 0.2) is 47.4 Å². The summed E-state index contributed by atoms with van der Waals surface area (Å²) in [6, 6.07) is 11.4. The number of halogens is 2. The highest BCUT2D eigenvalue weighted by atomic mass is 35.5. The zero-order chi connectivity index (χ0) is 21.0. The van der Waals surface area contributed by atoms with Crippen molar-refractivity contribution in [2.45, 2.75) is 31.1 Å². The lowest BCUT2D eigenvalue weighted by molar-refractivity contribution is -0.126. The van der Waals surface area contributed by atoms with Crippen LogP contribution < -0.4 is 5.32 Å². The van der Waals surface area contributed by atoms with Gasteiger partial charge in [-0.2, -0.15) is 4.31 Å². The van der Waals surface area contributed by atoms with E-state index in [0.717, 1.165) is 18.6 Å².